The lowest BCUT2D eigenvalue weighted by molar-refractivity contribution is -0.138. The summed E-state index contributed by atoms with van der Waals surface area (Å²) in [6.07, 6.45) is -1.39. The lowest BCUT2D eigenvalue weighted by Crippen LogP contribution is -2.26. The van der Waals surface area contributed by atoms with E-state index in [0.29, 0.717) is 11.1 Å². The maximum absolute atomic E-state index is 13.1. The molecule has 3 heterocycles. The molecule has 11 heteroatoms. The highest BCUT2D eigenvalue weighted by atomic mass is 19.4. The number of nitrogens with one attached hydrogen (secondary N) is 2. The number of alkyl halides is 3. The average molecular weight is 457 g/mol. The molecule has 0 aliphatic carbocycles. The minimum absolute atomic E-state index is 0.0306. The number of aryl methyl sites for hydroxylation is 1. The van der Waals surface area contributed by atoms with Crippen molar-refractivity contribution in [1.82, 2.24) is 20.1 Å². The molecule has 1 unspecified atom stereocenters. The molecular formula is C22H18F3N5O3. The van der Waals surface area contributed by atoms with Gasteiger partial charge in [-0.2, -0.15) is 18.3 Å². The molecule has 1 aromatic carbocycles. The first-order valence-corrected chi connectivity index (χ1v) is 9.82. The second-order valence-electron chi connectivity index (χ2n) is 7.38. The molecule has 0 spiro atoms. The van der Waals surface area contributed by atoms with Gasteiger partial charge in [0.25, 0.3) is 11.8 Å². The van der Waals surface area contributed by atoms with Crippen molar-refractivity contribution < 1.29 is 27.3 Å². The smallest absolute Gasteiger partial charge is 0.358 e. The number of benzene rings is 1. The standard InChI is InChI=1S/C22H18F3N5O3/c1-12-6-7-14(9-16(12)22(23,24)25)28-21(32)17-10-19(33-29-17)13(2)27-20(31)15-11-26-30-8-4-3-5-18(15)30/h3-11,13H,1-2H3,(H,27,31)(H,28,32). The Morgan fingerprint density at radius 1 is 1.12 bits per heavy atom. The molecule has 170 valence electrons. The zero-order valence-electron chi connectivity index (χ0n) is 17.5. The van der Waals surface area contributed by atoms with Crippen LogP contribution in [-0.4, -0.2) is 26.6 Å². The van der Waals surface area contributed by atoms with Crippen LogP contribution in [0, 0.1) is 6.92 Å². The highest BCUT2D eigenvalue weighted by Crippen LogP contribution is 2.33. The van der Waals surface area contributed by atoms with Gasteiger partial charge in [0.05, 0.1) is 28.9 Å². The number of carbonyl (C=O) groups is 2. The number of rotatable bonds is 5. The predicted molar refractivity (Wildman–Crippen MR) is 112 cm³/mol. The van der Waals surface area contributed by atoms with Gasteiger partial charge in [0.1, 0.15) is 0 Å². The molecule has 2 amide bonds. The molecule has 0 saturated carbocycles. The number of hydrogen-bond acceptors (Lipinski definition) is 5. The van der Waals surface area contributed by atoms with Crippen molar-refractivity contribution in [3.8, 4) is 0 Å². The summed E-state index contributed by atoms with van der Waals surface area (Å²) in [7, 11) is 0. The van der Waals surface area contributed by atoms with Crippen molar-refractivity contribution in [2.45, 2.75) is 26.1 Å². The molecule has 3 aromatic heterocycles. The fraction of sp³-hybridized carbons (Fsp3) is 0.182. The molecule has 0 saturated heterocycles. The molecule has 0 fully saturated rings. The Morgan fingerprint density at radius 2 is 1.91 bits per heavy atom. The fourth-order valence-corrected chi connectivity index (χ4v) is 3.26. The van der Waals surface area contributed by atoms with Crippen molar-refractivity contribution in [3.05, 3.63) is 83.0 Å². The van der Waals surface area contributed by atoms with Crippen LogP contribution in [0.1, 0.15) is 50.7 Å². The van der Waals surface area contributed by atoms with Crippen molar-refractivity contribution in [3.63, 3.8) is 0 Å². The van der Waals surface area contributed by atoms with Crippen LogP contribution in [-0.2, 0) is 6.18 Å². The molecular weight excluding hydrogens is 439 g/mol. The fourth-order valence-electron chi connectivity index (χ4n) is 3.26. The first-order chi connectivity index (χ1) is 15.6. The van der Waals surface area contributed by atoms with Crippen LogP contribution >= 0.6 is 0 Å². The van der Waals surface area contributed by atoms with E-state index in [9.17, 15) is 22.8 Å². The summed E-state index contributed by atoms with van der Waals surface area (Å²) in [5.74, 6) is -0.946. The normalized spacial score (nSPS) is 12.5. The zero-order chi connectivity index (χ0) is 23.8. The monoisotopic (exact) mass is 457 g/mol. The summed E-state index contributed by atoms with van der Waals surface area (Å²) in [5, 5.41) is 12.9. The van der Waals surface area contributed by atoms with Crippen LogP contribution in [0.4, 0.5) is 18.9 Å². The maximum atomic E-state index is 13.1. The van der Waals surface area contributed by atoms with Gasteiger partial charge in [0, 0.05) is 18.0 Å². The van der Waals surface area contributed by atoms with Crippen molar-refractivity contribution in [1.29, 1.82) is 0 Å². The highest BCUT2D eigenvalue weighted by molar-refractivity contribution is 6.03. The minimum Gasteiger partial charge on any atom is -0.358 e. The van der Waals surface area contributed by atoms with E-state index in [2.05, 4.69) is 20.9 Å². The molecule has 33 heavy (non-hydrogen) atoms. The van der Waals surface area contributed by atoms with Crippen LogP contribution in [0.3, 0.4) is 0 Å². The topological polar surface area (TPSA) is 102 Å². The van der Waals surface area contributed by atoms with E-state index in [1.807, 2.05) is 0 Å². The highest BCUT2D eigenvalue weighted by Gasteiger charge is 2.32. The van der Waals surface area contributed by atoms with Crippen LogP contribution in [0.15, 0.2) is 59.4 Å². The van der Waals surface area contributed by atoms with E-state index in [1.165, 1.54) is 31.3 Å². The lowest BCUT2D eigenvalue weighted by Gasteiger charge is -2.12. The molecule has 4 aromatic rings. The predicted octanol–water partition coefficient (Wildman–Crippen LogP) is 4.39. The van der Waals surface area contributed by atoms with Crippen LogP contribution in [0.2, 0.25) is 0 Å². The van der Waals surface area contributed by atoms with Gasteiger partial charge in [0.15, 0.2) is 11.5 Å². The zero-order valence-corrected chi connectivity index (χ0v) is 17.5. The van der Waals surface area contributed by atoms with Gasteiger partial charge in [-0.15, -0.1) is 0 Å². The third-order valence-corrected chi connectivity index (χ3v) is 5.01. The maximum Gasteiger partial charge on any atom is 0.416 e. The number of anilines is 1. The van der Waals surface area contributed by atoms with Crippen LogP contribution in [0.5, 0.6) is 0 Å². The molecule has 2 N–H and O–H groups in total. The van der Waals surface area contributed by atoms with Crippen LogP contribution in [0.25, 0.3) is 5.52 Å². The summed E-state index contributed by atoms with van der Waals surface area (Å²) >= 11 is 0. The summed E-state index contributed by atoms with van der Waals surface area (Å²) in [6.45, 7) is 2.97. The lowest BCUT2D eigenvalue weighted by atomic mass is 10.1. The number of fused-ring (bicyclic) bond motifs is 1. The van der Waals surface area contributed by atoms with Crippen molar-refractivity contribution in [2.24, 2.45) is 0 Å². The van der Waals surface area contributed by atoms with E-state index < -0.39 is 29.6 Å². The number of amides is 2. The largest absolute Gasteiger partial charge is 0.416 e. The van der Waals surface area contributed by atoms with Gasteiger partial charge < -0.3 is 15.2 Å². The Morgan fingerprint density at radius 3 is 2.67 bits per heavy atom. The SMILES string of the molecule is Cc1ccc(NC(=O)c2cc(C(C)NC(=O)c3cnn4ccccc34)on2)cc1C(F)(F)F. The van der Waals surface area contributed by atoms with E-state index in [0.717, 1.165) is 6.07 Å². The first-order valence-electron chi connectivity index (χ1n) is 9.82. The number of nitrogens with zero attached hydrogens (tertiary/aromatic N) is 3. The number of hydrogen-bond donors (Lipinski definition) is 2. The van der Waals surface area contributed by atoms with Crippen molar-refractivity contribution in [2.75, 3.05) is 5.32 Å². The van der Waals surface area contributed by atoms with E-state index >= 15 is 0 Å². The van der Waals surface area contributed by atoms with E-state index in [4.69, 9.17) is 4.52 Å². The van der Waals surface area contributed by atoms with Crippen LogP contribution < -0.4 is 10.6 Å². The summed E-state index contributed by atoms with van der Waals surface area (Å²) in [5.41, 5.74) is 0.00853. The molecule has 0 aliphatic heterocycles. The van der Waals surface area contributed by atoms with Gasteiger partial charge in [-0.05, 0) is 43.7 Å². The number of halogens is 3. The Bertz CT molecular complexity index is 1340. The van der Waals surface area contributed by atoms with Gasteiger partial charge in [-0.25, -0.2) is 4.52 Å². The average Bonchev–Trinajstić information content (AvgIpc) is 3.42. The molecule has 0 aliphatic rings. The second-order valence-corrected chi connectivity index (χ2v) is 7.38. The Balaban J connectivity index is 1.45. The molecule has 4 rings (SSSR count). The molecule has 0 radical (unpaired) electrons. The Hall–Kier alpha value is -4.15. The van der Waals surface area contributed by atoms with E-state index in [1.54, 1.807) is 35.8 Å². The summed E-state index contributed by atoms with van der Waals surface area (Å²) in [4.78, 5) is 25.1. The number of aromatic nitrogens is 3. The van der Waals surface area contributed by atoms with Crippen molar-refractivity contribution >= 4 is 23.0 Å². The quantitative estimate of drug-likeness (QED) is 0.463. The number of pyridine rings is 1. The molecule has 8 nitrogen and oxygen atoms in total. The summed E-state index contributed by atoms with van der Waals surface area (Å²) in [6, 6.07) is 9.48. The van der Waals surface area contributed by atoms with E-state index in [-0.39, 0.29) is 22.7 Å². The molecule has 1 atom stereocenters. The van der Waals surface area contributed by atoms with Gasteiger partial charge >= 0.3 is 6.18 Å². The summed E-state index contributed by atoms with van der Waals surface area (Å²) < 4.78 is 46.0. The minimum atomic E-state index is -4.54. The van der Waals surface area contributed by atoms with Gasteiger partial charge in [-0.3, -0.25) is 9.59 Å². The third kappa shape index (κ3) is 4.56. The Kier molecular flexibility index (Phi) is 5.62. The first kappa shape index (κ1) is 22.1. The second kappa shape index (κ2) is 8.41. The number of carbonyl (C=O) groups excluding carboxylic acids is 2. The third-order valence-electron chi connectivity index (χ3n) is 5.01. The van der Waals surface area contributed by atoms with Gasteiger partial charge in [-0.1, -0.05) is 17.3 Å². The molecule has 0 bridgehead atoms. The Labute approximate surface area is 185 Å². The van der Waals surface area contributed by atoms with Gasteiger partial charge in [0.2, 0.25) is 0 Å².